The number of carboxylic acids is 1. The highest BCUT2D eigenvalue weighted by Crippen LogP contribution is 2.39. The number of hydrogen-bond donors (Lipinski definition) is 4. The number of carbonyl (C=O) groups is 2. The van der Waals surface area contributed by atoms with Crippen molar-refractivity contribution in [2.75, 3.05) is 12.4 Å². The van der Waals surface area contributed by atoms with Gasteiger partial charge in [0.25, 0.3) is 5.91 Å². The summed E-state index contributed by atoms with van der Waals surface area (Å²) in [7, 11) is -2.60. The smallest absolute Gasteiger partial charge is 0.352 e. The third kappa shape index (κ3) is 4.38. The Morgan fingerprint density at radius 1 is 1.14 bits per heavy atom. The van der Waals surface area contributed by atoms with Crippen LogP contribution in [0.1, 0.15) is 22.0 Å². The highest BCUT2D eigenvalue weighted by Gasteiger charge is 2.30. The molecule has 0 saturated heterocycles. The molecule has 3 rings (SSSR count). The molecule has 0 aromatic heterocycles. The van der Waals surface area contributed by atoms with E-state index in [0.29, 0.717) is 11.1 Å². The number of carboxylic acid groups (broad SMARTS) is 1. The number of fused-ring (bicyclic) bond motifs is 1. The molecule has 2 aromatic carbocycles. The predicted molar refractivity (Wildman–Crippen MR) is 109 cm³/mol. The Bertz CT molecular complexity index is 1130. The van der Waals surface area contributed by atoms with Crippen LogP contribution in [0.3, 0.4) is 0 Å². The van der Waals surface area contributed by atoms with E-state index >= 15 is 0 Å². The fourth-order valence-electron chi connectivity index (χ4n) is 2.82. The molecule has 29 heavy (non-hydrogen) atoms. The van der Waals surface area contributed by atoms with Gasteiger partial charge in [0, 0.05) is 33.9 Å². The zero-order chi connectivity index (χ0) is 21.3. The van der Waals surface area contributed by atoms with Crippen LogP contribution in [0.4, 0.5) is 5.69 Å². The maximum Gasteiger partial charge on any atom is 0.352 e. The summed E-state index contributed by atoms with van der Waals surface area (Å²) in [6.07, 6.45) is 1.21. The van der Waals surface area contributed by atoms with E-state index in [9.17, 15) is 23.1 Å². The molecule has 1 amide bonds. The molecule has 8 nitrogen and oxygen atoms in total. The third-order valence-electron chi connectivity index (χ3n) is 4.17. The zero-order valence-electron chi connectivity index (χ0n) is 14.9. The molecule has 4 N–H and O–H groups in total. The maximum absolute atomic E-state index is 12.8. The molecule has 152 valence electrons. The van der Waals surface area contributed by atoms with Gasteiger partial charge in [-0.15, -0.1) is 0 Å². The first-order valence-corrected chi connectivity index (χ1v) is 10.4. The third-order valence-corrected chi connectivity index (χ3v) is 6.16. The van der Waals surface area contributed by atoms with Gasteiger partial charge in [-0.05, 0) is 42.5 Å². The molecule has 1 unspecified atom stereocenters. The largest absolute Gasteiger partial charge is 0.477 e. The number of aliphatic carboxylic acids is 1. The van der Waals surface area contributed by atoms with E-state index < -0.39 is 22.0 Å². The molecule has 1 heterocycles. The van der Waals surface area contributed by atoms with Crippen molar-refractivity contribution >= 4 is 50.8 Å². The Hall–Kier alpha value is -2.59. The lowest BCUT2D eigenvalue weighted by molar-refractivity contribution is -0.132. The summed E-state index contributed by atoms with van der Waals surface area (Å²) in [4.78, 5) is 23.0. The lowest BCUT2D eigenvalue weighted by Crippen LogP contribution is -2.32. The number of sulfonamides is 1. The number of halogens is 2. The van der Waals surface area contributed by atoms with Gasteiger partial charge < -0.3 is 15.7 Å². The van der Waals surface area contributed by atoms with E-state index in [2.05, 4.69) is 15.4 Å². The molecule has 0 fully saturated rings. The second-order valence-corrected chi connectivity index (χ2v) is 8.62. The lowest BCUT2D eigenvalue weighted by Gasteiger charge is -2.26. The van der Waals surface area contributed by atoms with Crippen LogP contribution < -0.4 is 15.4 Å². The van der Waals surface area contributed by atoms with Gasteiger partial charge in [0.15, 0.2) is 0 Å². The van der Waals surface area contributed by atoms with Crippen LogP contribution in [0.5, 0.6) is 0 Å². The molecule has 1 aliphatic heterocycles. The summed E-state index contributed by atoms with van der Waals surface area (Å²) >= 11 is 12.2. The van der Waals surface area contributed by atoms with Gasteiger partial charge in [0.1, 0.15) is 5.70 Å². The van der Waals surface area contributed by atoms with E-state index in [0.717, 1.165) is 0 Å². The summed E-state index contributed by atoms with van der Waals surface area (Å²) < 4.78 is 28.1. The fourth-order valence-corrected chi connectivity index (χ4v) is 4.59. The highest BCUT2D eigenvalue weighted by atomic mass is 35.5. The first-order chi connectivity index (χ1) is 13.6. The minimum absolute atomic E-state index is 0.0967. The summed E-state index contributed by atoms with van der Waals surface area (Å²) in [5, 5.41) is 14.9. The van der Waals surface area contributed by atoms with Crippen molar-refractivity contribution < 1.29 is 23.1 Å². The Balaban J connectivity index is 1.99. The minimum atomic E-state index is -4.07. The maximum atomic E-state index is 12.8. The number of carbonyl (C=O) groups excluding carboxylic acids is 1. The van der Waals surface area contributed by atoms with E-state index in [-0.39, 0.29) is 32.2 Å². The summed E-state index contributed by atoms with van der Waals surface area (Å²) in [6.45, 7) is 0. The van der Waals surface area contributed by atoms with E-state index in [1.54, 1.807) is 0 Å². The molecule has 0 spiro atoms. The summed E-state index contributed by atoms with van der Waals surface area (Å²) in [5.74, 6) is -1.63. The standard InChI is InChI=1S/C18H15Cl2N3O5S/c1-21-17(24)9-2-4-11(5-3-9)29(27,28)23-14-8-15(18(25)26)22-13-7-10(19)6-12(20)16(13)14/h2-8,14,22-23H,1H3,(H,21,24)(H,25,26). The molecule has 11 heteroatoms. The molecule has 0 radical (unpaired) electrons. The van der Waals surface area contributed by atoms with E-state index in [4.69, 9.17) is 23.2 Å². The van der Waals surface area contributed by atoms with Crippen LogP contribution in [-0.4, -0.2) is 32.4 Å². The second kappa shape index (κ2) is 8.03. The predicted octanol–water partition coefficient (Wildman–Crippen LogP) is 2.77. The van der Waals surface area contributed by atoms with Gasteiger partial charge >= 0.3 is 5.97 Å². The highest BCUT2D eigenvalue weighted by molar-refractivity contribution is 7.89. The topological polar surface area (TPSA) is 125 Å². The number of anilines is 1. The van der Waals surface area contributed by atoms with Crippen LogP contribution in [0.2, 0.25) is 10.0 Å². The minimum Gasteiger partial charge on any atom is -0.477 e. The monoisotopic (exact) mass is 455 g/mol. The van der Waals surface area contributed by atoms with Crippen molar-refractivity contribution in [3.63, 3.8) is 0 Å². The fraction of sp³-hybridized carbons (Fsp3) is 0.111. The molecule has 0 aliphatic carbocycles. The Labute approximate surface area is 176 Å². The quantitative estimate of drug-likeness (QED) is 0.549. The Morgan fingerprint density at radius 3 is 2.38 bits per heavy atom. The van der Waals surface area contributed by atoms with Crippen molar-refractivity contribution in [3.05, 3.63) is 69.3 Å². The van der Waals surface area contributed by atoms with Crippen molar-refractivity contribution in [2.45, 2.75) is 10.9 Å². The van der Waals surface area contributed by atoms with Gasteiger partial charge in [-0.2, -0.15) is 4.72 Å². The van der Waals surface area contributed by atoms with E-state index in [1.807, 2.05) is 0 Å². The van der Waals surface area contributed by atoms with Crippen LogP contribution in [0, 0.1) is 0 Å². The van der Waals surface area contributed by atoms with Crippen LogP contribution in [0.15, 0.2) is 53.1 Å². The average Bonchev–Trinajstić information content (AvgIpc) is 2.66. The molecule has 1 aliphatic rings. The van der Waals surface area contributed by atoms with Crippen molar-refractivity contribution in [1.82, 2.24) is 10.0 Å². The van der Waals surface area contributed by atoms with Crippen molar-refractivity contribution in [3.8, 4) is 0 Å². The van der Waals surface area contributed by atoms with Gasteiger partial charge in [-0.25, -0.2) is 13.2 Å². The van der Waals surface area contributed by atoms with Gasteiger partial charge in [-0.3, -0.25) is 4.79 Å². The lowest BCUT2D eigenvalue weighted by atomic mass is 10.0. The summed E-state index contributed by atoms with van der Waals surface area (Å²) in [6, 6.07) is 7.14. The van der Waals surface area contributed by atoms with Crippen molar-refractivity contribution in [1.29, 1.82) is 0 Å². The first-order valence-electron chi connectivity index (χ1n) is 8.18. The SMILES string of the molecule is CNC(=O)c1ccc(S(=O)(=O)NC2C=C(C(=O)O)Nc3cc(Cl)cc(Cl)c32)cc1. The van der Waals surface area contributed by atoms with Gasteiger partial charge in [-0.1, -0.05) is 23.2 Å². The van der Waals surface area contributed by atoms with Crippen LogP contribution >= 0.6 is 23.2 Å². The second-order valence-electron chi connectivity index (χ2n) is 6.06. The molecule has 2 aromatic rings. The van der Waals surface area contributed by atoms with Crippen molar-refractivity contribution in [2.24, 2.45) is 0 Å². The molecular formula is C18H15Cl2N3O5S. The Kier molecular flexibility index (Phi) is 5.85. The average molecular weight is 456 g/mol. The number of amides is 1. The normalized spacial score (nSPS) is 15.7. The van der Waals surface area contributed by atoms with Gasteiger partial charge in [0.05, 0.1) is 10.9 Å². The van der Waals surface area contributed by atoms with Gasteiger partial charge in [0.2, 0.25) is 10.0 Å². The number of rotatable bonds is 5. The first kappa shape index (κ1) is 21.1. The Morgan fingerprint density at radius 2 is 1.79 bits per heavy atom. The number of nitrogens with one attached hydrogen (secondary N) is 3. The number of benzene rings is 2. The number of hydrogen-bond acceptors (Lipinski definition) is 5. The van der Waals surface area contributed by atoms with E-state index in [1.165, 1.54) is 49.5 Å². The summed E-state index contributed by atoms with van der Waals surface area (Å²) in [5.41, 5.74) is 0.694. The molecular weight excluding hydrogens is 441 g/mol. The zero-order valence-corrected chi connectivity index (χ0v) is 17.2. The van der Waals surface area contributed by atoms with Crippen LogP contribution in [0.25, 0.3) is 0 Å². The molecule has 1 atom stereocenters. The molecule has 0 saturated carbocycles. The molecule has 0 bridgehead atoms. The van der Waals surface area contributed by atoms with Crippen LogP contribution in [-0.2, 0) is 14.8 Å².